The van der Waals surface area contributed by atoms with Gasteiger partial charge < -0.3 is 0 Å². The van der Waals surface area contributed by atoms with E-state index >= 15 is 0 Å². The Hall–Kier alpha value is -2.88. The van der Waals surface area contributed by atoms with Crippen molar-refractivity contribution in [3.05, 3.63) is 72.3 Å². The highest BCUT2D eigenvalue weighted by molar-refractivity contribution is 5.44. The molecule has 0 bridgehead atoms. The molecule has 3 rings (SSSR count). The van der Waals surface area contributed by atoms with E-state index in [-0.39, 0.29) is 0 Å². The van der Waals surface area contributed by atoms with Gasteiger partial charge in [0, 0.05) is 0 Å². The minimum atomic E-state index is 0.522. The Bertz CT molecular complexity index is 715. The van der Waals surface area contributed by atoms with Gasteiger partial charge in [0.15, 0.2) is 11.6 Å². The molecule has 0 saturated heterocycles. The number of hydrogen-bond acceptors (Lipinski definition) is 4. The Kier molecular flexibility index (Phi) is 6.60. The number of aliphatic imine (C=N–C) groups is 1. The molecular weight excluding hydrogens is 284 g/mol. The van der Waals surface area contributed by atoms with Crippen LogP contribution in [0.5, 0.6) is 0 Å². The summed E-state index contributed by atoms with van der Waals surface area (Å²) >= 11 is 0. The first-order chi connectivity index (χ1) is 11.3. The van der Waals surface area contributed by atoms with Gasteiger partial charge in [0.1, 0.15) is 0 Å². The molecule has 0 atom stereocenters. The summed E-state index contributed by atoms with van der Waals surface area (Å²) in [5, 5.41) is 8.06. The minimum absolute atomic E-state index is 0.522. The fourth-order valence-electron chi connectivity index (χ4n) is 1.90. The summed E-state index contributed by atoms with van der Waals surface area (Å²) in [5.74, 6) is 1.07. The van der Waals surface area contributed by atoms with E-state index in [1.807, 2.05) is 36.4 Å². The molecule has 1 aromatic carbocycles. The fourth-order valence-corrected chi connectivity index (χ4v) is 1.90. The lowest BCUT2D eigenvalue weighted by molar-refractivity contribution is 1.02. The molecule has 2 aromatic rings. The molecule has 0 aliphatic heterocycles. The standard InChI is InChI=1S/C12H10N4.C7H10/c1-13-11-8-5-9-12(14-11)16-15-10-6-3-2-4-7-10;1-7-5-3-2-4-6-7/h2-9H,1H2;3,5-6H,2,4H2,1H3. The summed E-state index contributed by atoms with van der Waals surface area (Å²) < 4.78 is 0. The van der Waals surface area contributed by atoms with Gasteiger partial charge in [-0.15, -0.1) is 10.2 Å². The van der Waals surface area contributed by atoms with Crippen LogP contribution in [0.2, 0.25) is 0 Å². The summed E-state index contributed by atoms with van der Waals surface area (Å²) in [6.07, 6.45) is 9.12. The van der Waals surface area contributed by atoms with Gasteiger partial charge in [-0.05, 0) is 50.7 Å². The number of rotatable bonds is 3. The summed E-state index contributed by atoms with van der Waals surface area (Å²) in [4.78, 5) is 7.84. The second kappa shape index (κ2) is 9.20. The first kappa shape index (κ1) is 16.5. The van der Waals surface area contributed by atoms with Crippen molar-refractivity contribution >= 4 is 24.0 Å². The topological polar surface area (TPSA) is 50.0 Å². The van der Waals surface area contributed by atoms with Crippen LogP contribution in [0.4, 0.5) is 17.3 Å². The first-order valence-electron chi connectivity index (χ1n) is 7.52. The van der Waals surface area contributed by atoms with E-state index < -0.39 is 0 Å². The molecule has 1 aliphatic rings. The van der Waals surface area contributed by atoms with Crippen LogP contribution in [-0.2, 0) is 0 Å². The van der Waals surface area contributed by atoms with Crippen molar-refractivity contribution in [2.75, 3.05) is 0 Å². The van der Waals surface area contributed by atoms with Crippen molar-refractivity contribution in [1.29, 1.82) is 0 Å². The number of hydrogen-bond donors (Lipinski definition) is 0. The van der Waals surface area contributed by atoms with Gasteiger partial charge in [-0.3, -0.25) is 0 Å². The Morgan fingerprint density at radius 1 is 0.913 bits per heavy atom. The van der Waals surface area contributed by atoms with E-state index in [2.05, 4.69) is 52.1 Å². The van der Waals surface area contributed by atoms with Crippen LogP contribution >= 0.6 is 0 Å². The predicted octanol–water partition coefficient (Wildman–Crippen LogP) is 6.11. The minimum Gasteiger partial charge on any atom is -0.245 e. The third-order valence-electron chi connectivity index (χ3n) is 3.09. The number of azo groups is 1. The van der Waals surface area contributed by atoms with Gasteiger partial charge in [-0.2, -0.15) is 0 Å². The van der Waals surface area contributed by atoms with Gasteiger partial charge in [-0.1, -0.05) is 48.1 Å². The lowest BCUT2D eigenvalue weighted by atomic mass is 10.1. The number of pyridine rings is 1. The molecule has 0 fully saturated rings. The summed E-state index contributed by atoms with van der Waals surface area (Å²) in [6.45, 7) is 5.54. The highest BCUT2D eigenvalue weighted by atomic mass is 15.2. The van der Waals surface area contributed by atoms with Crippen molar-refractivity contribution in [3.63, 3.8) is 0 Å². The maximum absolute atomic E-state index is 4.12. The van der Waals surface area contributed by atoms with E-state index in [4.69, 9.17) is 0 Å². The SMILES string of the molecule is C=Nc1cccc(N=Nc2ccccc2)n1.CC1=CCCC=C1. The molecule has 116 valence electrons. The Morgan fingerprint density at radius 3 is 2.30 bits per heavy atom. The van der Waals surface area contributed by atoms with Crippen LogP contribution in [-0.4, -0.2) is 11.7 Å². The van der Waals surface area contributed by atoms with Gasteiger partial charge in [0.25, 0.3) is 0 Å². The van der Waals surface area contributed by atoms with Crippen LogP contribution < -0.4 is 0 Å². The molecule has 23 heavy (non-hydrogen) atoms. The van der Waals surface area contributed by atoms with Crippen LogP contribution in [0.3, 0.4) is 0 Å². The van der Waals surface area contributed by atoms with Crippen molar-refractivity contribution in [1.82, 2.24) is 4.98 Å². The van der Waals surface area contributed by atoms with Gasteiger partial charge in [0.05, 0.1) is 5.69 Å². The molecule has 0 spiro atoms. The molecule has 0 saturated carbocycles. The predicted molar refractivity (Wildman–Crippen MR) is 96.2 cm³/mol. The molecule has 0 N–H and O–H groups in total. The number of aromatic nitrogens is 1. The molecule has 0 radical (unpaired) electrons. The number of nitrogens with zero attached hydrogens (tertiary/aromatic N) is 4. The zero-order chi connectivity index (χ0) is 16.3. The van der Waals surface area contributed by atoms with Crippen LogP contribution in [0, 0.1) is 0 Å². The number of allylic oxidation sites excluding steroid dienone is 4. The monoisotopic (exact) mass is 304 g/mol. The average Bonchev–Trinajstić information content (AvgIpc) is 2.62. The van der Waals surface area contributed by atoms with Gasteiger partial charge in [0.2, 0.25) is 0 Å². The molecular formula is C19H20N4. The van der Waals surface area contributed by atoms with E-state index in [0.717, 1.165) is 5.69 Å². The summed E-state index contributed by atoms with van der Waals surface area (Å²) in [7, 11) is 0. The maximum atomic E-state index is 4.12. The molecule has 1 aromatic heterocycles. The summed E-state index contributed by atoms with van der Waals surface area (Å²) in [5.41, 5.74) is 2.20. The van der Waals surface area contributed by atoms with Gasteiger partial charge in [-0.25, -0.2) is 9.98 Å². The Balaban J connectivity index is 0.000000229. The largest absolute Gasteiger partial charge is 0.245 e. The van der Waals surface area contributed by atoms with Crippen molar-refractivity contribution in [2.24, 2.45) is 15.2 Å². The fraction of sp³-hybridized carbons (Fsp3) is 0.158. The maximum Gasteiger partial charge on any atom is 0.176 e. The van der Waals surface area contributed by atoms with Crippen LogP contribution in [0.1, 0.15) is 19.8 Å². The van der Waals surface area contributed by atoms with E-state index in [1.54, 1.807) is 12.1 Å². The van der Waals surface area contributed by atoms with Crippen molar-refractivity contribution in [3.8, 4) is 0 Å². The first-order valence-corrected chi connectivity index (χ1v) is 7.52. The molecule has 4 heteroatoms. The third kappa shape index (κ3) is 6.18. The second-order valence-electron chi connectivity index (χ2n) is 4.98. The second-order valence-corrected chi connectivity index (χ2v) is 4.98. The van der Waals surface area contributed by atoms with Crippen molar-refractivity contribution < 1.29 is 0 Å². The molecule has 1 aliphatic carbocycles. The molecule has 0 unspecified atom stereocenters. The summed E-state index contributed by atoms with van der Waals surface area (Å²) in [6, 6.07) is 14.8. The molecule has 0 amide bonds. The smallest absolute Gasteiger partial charge is 0.176 e. The lowest BCUT2D eigenvalue weighted by Gasteiger charge is -1.96. The van der Waals surface area contributed by atoms with Gasteiger partial charge >= 0.3 is 0 Å². The Labute approximate surface area is 137 Å². The zero-order valence-corrected chi connectivity index (χ0v) is 13.3. The van der Waals surface area contributed by atoms with E-state index in [9.17, 15) is 0 Å². The van der Waals surface area contributed by atoms with Crippen LogP contribution in [0.15, 0.2) is 87.6 Å². The highest BCUT2D eigenvalue weighted by Crippen LogP contribution is 2.18. The lowest BCUT2D eigenvalue weighted by Crippen LogP contribution is -1.76. The zero-order valence-electron chi connectivity index (χ0n) is 13.3. The Morgan fingerprint density at radius 2 is 1.70 bits per heavy atom. The number of benzene rings is 1. The van der Waals surface area contributed by atoms with Crippen LogP contribution in [0.25, 0.3) is 0 Å². The van der Waals surface area contributed by atoms with Crippen molar-refractivity contribution in [2.45, 2.75) is 19.8 Å². The quantitative estimate of drug-likeness (QED) is 0.498. The average molecular weight is 304 g/mol. The molecule has 1 heterocycles. The normalized spacial score (nSPS) is 13.2. The highest BCUT2D eigenvalue weighted by Gasteiger charge is 1.93. The van der Waals surface area contributed by atoms with E-state index in [0.29, 0.717) is 11.6 Å². The van der Waals surface area contributed by atoms with E-state index in [1.165, 1.54) is 18.4 Å². The molecule has 4 nitrogen and oxygen atoms in total. The third-order valence-corrected chi connectivity index (χ3v) is 3.09.